The summed E-state index contributed by atoms with van der Waals surface area (Å²) in [6.45, 7) is 11.4. The highest BCUT2D eigenvalue weighted by Crippen LogP contribution is 2.19. The minimum Gasteiger partial charge on any atom is -0.300 e. The van der Waals surface area contributed by atoms with Gasteiger partial charge in [0, 0.05) is 25.9 Å². The van der Waals surface area contributed by atoms with E-state index in [1.165, 1.54) is 5.57 Å². The predicted molar refractivity (Wildman–Crippen MR) is 69.3 cm³/mol. The van der Waals surface area contributed by atoms with Crippen LogP contribution in [0.5, 0.6) is 0 Å². The number of hydrogen-bond acceptors (Lipinski definition) is 3. The zero-order chi connectivity index (χ0) is 12.7. The van der Waals surface area contributed by atoms with E-state index in [0.717, 1.165) is 12.8 Å². The summed E-state index contributed by atoms with van der Waals surface area (Å²) < 4.78 is 0. The van der Waals surface area contributed by atoms with Crippen molar-refractivity contribution in [1.82, 2.24) is 5.01 Å². The monoisotopic (exact) mass is 224 g/mol. The van der Waals surface area contributed by atoms with Crippen LogP contribution in [0.15, 0.2) is 16.9 Å². The van der Waals surface area contributed by atoms with Crippen molar-refractivity contribution in [1.29, 1.82) is 0 Å². The largest absolute Gasteiger partial charge is 0.300 e. The second-order valence-electron chi connectivity index (χ2n) is 4.58. The molecule has 0 fully saturated rings. The van der Waals surface area contributed by atoms with E-state index in [4.69, 9.17) is 0 Å². The van der Waals surface area contributed by atoms with E-state index in [0.29, 0.717) is 5.92 Å². The summed E-state index contributed by atoms with van der Waals surface area (Å²) >= 11 is 0. The minimum atomic E-state index is 0.172. The molecule has 0 rings (SSSR count). The number of carbonyl (C=O) groups excluding carboxylic acids is 1. The van der Waals surface area contributed by atoms with Crippen LogP contribution in [0.25, 0.3) is 0 Å². The molecule has 92 valence electrons. The van der Waals surface area contributed by atoms with Crippen molar-refractivity contribution in [2.24, 2.45) is 16.9 Å². The van der Waals surface area contributed by atoms with Gasteiger partial charge in [0.15, 0.2) is 0 Å². The molecule has 0 saturated carbocycles. The van der Waals surface area contributed by atoms with E-state index >= 15 is 0 Å². The Morgan fingerprint density at radius 1 is 1.31 bits per heavy atom. The quantitative estimate of drug-likeness (QED) is 0.492. The van der Waals surface area contributed by atoms with Crippen molar-refractivity contribution in [3.63, 3.8) is 0 Å². The van der Waals surface area contributed by atoms with Gasteiger partial charge in [-0.05, 0) is 32.6 Å². The smallest absolute Gasteiger partial charge is 0.132 e. The molecule has 0 N–H and O–H groups in total. The van der Waals surface area contributed by atoms with E-state index < -0.39 is 0 Å². The SMILES string of the molecule is C=NN(C)/C=C(\C)C(C)CCC(C)C(C)=O. The lowest BCUT2D eigenvalue weighted by molar-refractivity contribution is -0.120. The van der Waals surface area contributed by atoms with Gasteiger partial charge in [-0.15, -0.1) is 0 Å². The Balaban J connectivity index is 4.15. The summed E-state index contributed by atoms with van der Waals surface area (Å²) in [4.78, 5) is 11.1. The first-order chi connectivity index (χ1) is 7.38. The molecule has 0 spiro atoms. The number of hydrogen-bond donors (Lipinski definition) is 0. The van der Waals surface area contributed by atoms with Crippen LogP contribution in [0.3, 0.4) is 0 Å². The first kappa shape index (κ1) is 14.9. The Kier molecular flexibility index (Phi) is 6.70. The minimum absolute atomic E-state index is 0.172. The fourth-order valence-corrected chi connectivity index (χ4v) is 1.39. The van der Waals surface area contributed by atoms with Crippen LogP contribution in [0.4, 0.5) is 0 Å². The maximum atomic E-state index is 11.1. The zero-order valence-electron chi connectivity index (χ0n) is 11.2. The van der Waals surface area contributed by atoms with Gasteiger partial charge < -0.3 is 0 Å². The Morgan fingerprint density at radius 2 is 1.81 bits per heavy atom. The third-order valence-corrected chi connectivity index (χ3v) is 3.12. The van der Waals surface area contributed by atoms with Gasteiger partial charge in [-0.2, -0.15) is 5.10 Å². The number of nitrogens with zero attached hydrogens (tertiary/aromatic N) is 2. The zero-order valence-corrected chi connectivity index (χ0v) is 11.2. The lowest BCUT2D eigenvalue weighted by atomic mass is 9.92. The number of allylic oxidation sites excluding steroid dienone is 1. The van der Waals surface area contributed by atoms with Crippen molar-refractivity contribution in [2.45, 2.75) is 40.5 Å². The summed E-state index contributed by atoms with van der Waals surface area (Å²) in [6.07, 6.45) is 3.97. The summed E-state index contributed by atoms with van der Waals surface area (Å²) in [5.74, 6) is 0.926. The maximum absolute atomic E-state index is 11.1. The number of hydrazone groups is 1. The molecule has 0 aromatic rings. The molecule has 0 aliphatic rings. The van der Waals surface area contributed by atoms with Gasteiger partial charge >= 0.3 is 0 Å². The molecule has 0 aromatic heterocycles. The number of rotatable bonds is 7. The van der Waals surface area contributed by atoms with Crippen LogP contribution >= 0.6 is 0 Å². The lowest BCUT2D eigenvalue weighted by Crippen LogP contribution is -2.10. The van der Waals surface area contributed by atoms with Crippen molar-refractivity contribution in [3.05, 3.63) is 11.8 Å². The van der Waals surface area contributed by atoms with E-state index in [1.54, 1.807) is 11.9 Å². The number of Topliss-reactive ketones (excluding diaryl/α,β-unsaturated/α-hetero) is 1. The highest BCUT2D eigenvalue weighted by atomic mass is 16.1. The second kappa shape index (κ2) is 7.20. The molecule has 0 amide bonds. The predicted octanol–water partition coefficient (Wildman–Crippen LogP) is 3.08. The maximum Gasteiger partial charge on any atom is 0.132 e. The van der Waals surface area contributed by atoms with Gasteiger partial charge in [-0.1, -0.05) is 19.4 Å². The Hall–Kier alpha value is -1.12. The number of ketones is 1. The average molecular weight is 224 g/mol. The Morgan fingerprint density at radius 3 is 2.25 bits per heavy atom. The standard InChI is InChI=1S/C13H24N2O/c1-10(7-8-11(2)13(4)16)12(3)9-15(6)14-5/h9-11H,5,7-8H2,1-4,6H3/b12-9+. The second-order valence-corrected chi connectivity index (χ2v) is 4.58. The molecular formula is C13H24N2O. The fourth-order valence-electron chi connectivity index (χ4n) is 1.39. The third-order valence-electron chi connectivity index (χ3n) is 3.12. The first-order valence-corrected chi connectivity index (χ1v) is 5.76. The molecule has 0 aromatic carbocycles. The fraction of sp³-hybridized carbons (Fsp3) is 0.692. The summed E-state index contributed by atoms with van der Waals surface area (Å²) in [7, 11) is 1.86. The highest BCUT2D eigenvalue weighted by Gasteiger charge is 2.11. The normalized spacial score (nSPS) is 15.4. The van der Waals surface area contributed by atoms with Crippen molar-refractivity contribution >= 4 is 12.5 Å². The average Bonchev–Trinajstić information content (AvgIpc) is 2.24. The van der Waals surface area contributed by atoms with Gasteiger partial charge in [0.05, 0.1) is 0 Å². The van der Waals surface area contributed by atoms with Crippen LogP contribution in [0.1, 0.15) is 40.5 Å². The molecule has 3 nitrogen and oxygen atoms in total. The van der Waals surface area contributed by atoms with Gasteiger partial charge in [-0.25, -0.2) is 0 Å². The molecule has 2 unspecified atom stereocenters. The molecular weight excluding hydrogens is 200 g/mol. The molecule has 16 heavy (non-hydrogen) atoms. The first-order valence-electron chi connectivity index (χ1n) is 5.76. The van der Waals surface area contributed by atoms with E-state index in [-0.39, 0.29) is 11.7 Å². The lowest BCUT2D eigenvalue weighted by Gasteiger charge is -2.16. The summed E-state index contributed by atoms with van der Waals surface area (Å²) in [5.41, 5.74) is 1.27. The van der Waals surface area contributed by atoms with Crippen LogP contribution in [-0.2, 0) is 4.79 Å². The van der Waals surface area contributed by atoms with Crippen molar-refractivity contribution in [3.8, 4) is 0 Å². The molecule has 3 heteroatoms. The molecule has 0 aliphatic carbocycles. The van der Waals surface area contributed by atoms with Crippen molar-refractivity contribution < 1.29 is 4.79 Å². The Labute approximate surface area is 99.2 Å². The van der Waals surface area contributed by atoms with E-state index in [9.17, 15) is 4.79 Å². The van der Waals surface area contributed by atoms with Crippen molar-refractivity contribution in [2.75, 3.05) is 7.05 Å². The third kappa shape index (κ3) is 5.69. The van der Waals surface area contributed by atoms with Crippen LogP contribution < -0.4 is 0 Å². The molecule has 2 atom stereocenters. The number of carbonyl (C=O) groups is 1. The summed E-state index contributed by atoms with van der Waals surface area (Å²) in [6, 6.07) is 0. The highest BCUT2D eigenvalue weighted by molar-refractivity contribution is 5.77. The van der Waals surface area contributed by atoms with Gasteiger partial charge in [-0.3, -0.25) is 9.80 Å². The van der Waals surface area contributed by atoms with Gasteiger partial charge in [0.25, 0.3) is 0 Å². The molecule has 0 aliphatic heterocycles. The molecule has 0 bridgehead atoms. The molecule has 0 heterocycles. The van der Waals surface area contributed by atoms with Crippen LogP contribution in [0.2, 0.25) is 0 Å². The van der Waals surface area contributed by atoms with E-state index in [2.05, 4.69) is 25.7 Å². The molecule has 0 radical (unpaired) electrons. The van der Waals surface area contributed by atoms with E-state index in [1.807, 2.05) is 20.2 Å². The molecule has 0 saturated heterocycles. The van der Waals surface area contributed by atoms with Crippen LogP contribution in [0, 0.1) is 11.8 Å². The van der Waals surface area contributed by atoms with Gasteiger partial charge in [0.1, 0.15) is 5.78 Å². The Bertz CT molecular complexity index is 271. The summed E-state index contributed by atoms with van der Waals surface area (Å²) in [5, 5.41) is 5.50. The topological polar surface area (TPSA) is 32.7 Å². The van der Waals surface area contributed by atoms with Crippen LogP contribution in [-0.4, -0.2) is 24.6 Å². The van der Waals surface area contributed by atoms with Gasteiger partial charge in [0.2, 0.25) is 0 Å².